The van der Waals surface area contributed by atoms with Crippen LogP contribution in [0.15, 0.2) is 12.4 Å². The second-order valence-corrected chi connectivity index (χ2v) is 7.54. The SMILES string of the molecule is Cn1cc(C(=O)NC[C@H]2OC[C@@H]3CCN(C4CCOCC4)C[C@@H]32)cn1. The highest BCUT2D eigenvalue weighted by Gasteiger charge is 2.42. The number of aryl methyl sites for hydroxylation is 1. The van der Waals surface area contributed by atoms with Crippen molar-refractivity contribution in [2.45, 2.75) is 31.4 Å². The molecule has 0 saturated carbocycles. The Kier molecular flexibility index (Phi) is 5.05. The van der Waals surface area contributed by atoms with Crippen LogP contribution < -0.4 is 5.32 Å². The Labute approximate surface area is 148 Å². The van der Waals surface area contributed by atoms with Gasteiger partial charge in [-0.1, -0.05) is 0 Å². The van der Waals surface area contributed by atoms with Crippen molar-refractivity contribution in [3.05, 3.63) is 18.0 Å². The first-order valence-electron chi connectivity index (χ1n) is 9.41. The van der Waals surface area contributed by atoms with Gasteiger partial charge in [-0.05, 0) is 31.7 Å². The van der Waals surface area contributed by atoms with E-state index in [0.29, 0.717) is 30.0 Å². The van der Waals surface area contributed by atoms with Crippen LogP contribution in [0.25, 0.3) is 0 Å². The Morgan fingerprint density at radius 3 is 2.96 bits per heavy atom. The number of carbonyl (C=O) groups is 1. The standard InChI is InChI=1S/C18H28N4O3/c1-21-10-14(8-20-21)18(23)19-9-17-16-11-22(5-2-13(16)12-25-17)15-3-6-24-7-4-15/h8,10,13,15-17H,2-7,9,11-12H2,1H3,(H,19,23)/t13-,16-,17+/m0/s1. The molecule has 25 heavy (non-hydrogen) atoms. The van der Waals surface area contributed by atoms with E-state index in [9.17, 15) is 4.79 Å². The summed E-state index contributed by atoms with van der Waals surface area (Å²) < 4.78 is 13.2. The quantitative estimate of drug-likeness (QED) is 0.866. The molecule has 0 bridgehead atoms. The molecule has 0 aromatic carbocycles. The van der Waals surface area contributed by atoms with E-state index in [1.807, 2.05) is 7.05 Å². The predicted molar refractivity (Wildman–Crippen MR) is 92.3 cm³/mol. The molecule has 7 nitrogen and oxygen atoms in total. The lowest BCUT2D eigenvalue weighted by molar-refractivity contribution is 0.00539. The van der Waals surface area contributed by atoms with Gasteiger partial charge < -0.3 is 14.8 Å². The molecule has 0 radical (unpaired) electrons. The highest BCUT2D eigenvalue weighted by atomic mass is 16.5. The number of piperidine rings is 1. The van der Waals surface area contributed by atoms with Crippen LogP contribution in [0.1, 0.15) is 29.6 Å². The summed E-state index contributed by atoms with van der Waals surface area (Å²) in [6, 6.07) is 0.654. The summed E-state index contributed by atoms with van der Waals surface area (Å²) in [5, 5.41) is 7.08. The smallest absolute Gasteiger partial charge is 0.254 e. The summed E-state index contributed by atoms with van der Waals surface area (Å²) in [6.07, 6.45) is 6.94. The Bertz CT molecular complexity index is 599. The van der Waals surface area contributed by atoms with Gasteiger partial charge in [0.05, 0.1) is 24.5 Å². The van der Waals surface area contributed by atoms with E-state index in [1.54, 1.807) is 17.1 Å². The van der Waals surface area contributed by atoms with E-state index >= 15 is 0 Å². The molecule has 0 aliphatic carbocycles. The highest BCUT2D eigenvalue weighted by Crippen LogP contribution is 2.35. The maximum Gasteiger partial charge on any atom is 0.254 e. The van der Waals surface area contributed by atoms with Crippen LogP contribution in [0.5, 0.6) is 0 Å². The predicted octanol–water partition coefficient (Wildman–Crippen LogP) is 0.666. The fourth-order valence-electron chi connectivity index (χ4n) is 4.48. The fourth-order valence-corrected chi connectivity index (χ4v) is 4.48. The molecular formula is C18H28N4O3. The third kappa shape index (κ3) is 3.73. The normalized spacial score (nSPS) is 31.0. The van der Waals surface area contributed by atoms with Gasteiger partial charge in [0.1, 0.15) is 0 Å². The molecular weight excluding hydrogens is 320 g/mol. The number of rotatable bonds is 4. The summed E-state index contributed by atoms with van der Waals surface area (Å²) >= 11 is 0. The summed E-state index contributed by atoms with van der Waals surface area (Å²) in [5.41, 5.74) is 0.601. The molecule has 4 rings (SSSR count). The molecule has 138 valence electrons. The molecule has 0 unspecified atom stereocenters. The molecule has 1 aromatic heterocycles. The lowest BCUT2D eigenvalue weighted by Crippen LogP contribution is -2.50. The first kappa shape index (κ1) is 17.0. The molecule has 3 saturated heterocycles. The van der Waals surface area contributed by atoms with E-state index < -0.39 is 0 Å². The second kappa shape index (κ2) is 7.43. The molecule has 1 aromatic rings. The monoisotopic (exact) mass is 348 g/mol. The van der Waals surface area contributed by atoms with Crippen LogP contribution in [-0.4, -0.2) is 72.2 Å². The minimum atomic E-state index is -0.0720. The maximum atomic E-state index is 12.2. The number of hydrogen-bond acceptors (Lipinski definition) is 5. The Hall–Kier alpha value is -1.44. The first-order chi connectivity index (χ1) is 12.2. The molecule has 1 N–H and O–H groups in total. The zero-order valence-corrected chi connectivity index (χ0v) is 14.9. The van der Waals surface area contributed by atoms with Crippen LogP contribution in [0.4, 0.5) is 0 Å². The molecule has 4 heterocycles. The number of amides is 1. The third-order valence-electron chi connectivity index (χ3n) is 5.98. The number of fused-ring (bicyclic) bond motifs is 1. The van der Waals surface area contributed by atoms with Crippen molar-refractivity contribution < 1.29 is 14.3 Å². The van der Waals surface area contributed by atoms with Crippen LogP contribution in [0.3, 0.4) is 0 Å². The topological polar surface area (TPSA) is 68.6 Å². The molecule has 3 aliphatic heterocycles. The molecule has 0 spiro atoms. The summed E-state index contributed by atoms with van der Waals surface area (Å²) in [5.74, 6) is 1.08. The van der Waals surface area contributed by atoms with Crippen LogP contribution >= 0.6 is 0 Å². The lowest BCUT2D eigenvalue weighted by atomic mass is 9.83. The number of nitrogens with zero attached hydrogens (tertiary/aromatic N) is 3. The molecule has 1 amide bonds. The first-order valence-corrected chi connectivity index (χ1v) is 9.41. The van der Waals surface area contributed by atoms with Crippen molar-refractivity contribution in [2.75, 3.05) is 39.5 Å². The van der Waals surface area contributed by atoms with Gasteiger partial charge >= 0.3 is 0 Å². The summed E-state index contributed by atoms with van der Waals surface area (Å²) in [6.45, 7) is 5.44. The number of aromatic nitrogens is 2. The average Bonchev–Trinajstić information content (AvgIpc) is 3.26. The number of carbonyl (C=O) groups excluding carboxylic acids is 1. The number of likely N-dealkylation sites (tertiary alicyclic amines) is 1. The zero-order chi connectivity index (χ0) is 17.2. The molecule has 3 fully saturated rings. The van der Waals surface area contributed by atoms with Gasteiger partial charge in [-0.15, -0.1) is 0 Å². The Balaban J connectivity index is 1.32. The van der Waals surface area contributed by atoms with Crippen molar-refractivity contribution in [3.63, 3.8) is 0 Å². The van der Waals surface area contributed by atoms with Gasteiger partial charge in [0, 0.05) is 51.5 Å². The number of hydrogen-bond donors (Lipinski definition) is 1. The van der Waals surface area contributed by atoms with Gasteiger partial charge in [-0.2, -0.15) is 5.10 Å². The average molecular weight is 348 g/mol. The van der Waals surface area contributed by atoms with E-state index in [-0.39, 0.29) is 12.0 Å². The van der Waals surface area contributed by atoms with Gasteiger partial charge in [-0.3, -0.25) is 14.4 Å². The third-order valence-corrected chi connectivity index (χ3v) is 5.98. The Morgan fingerprint density at radius 1 is 1.36 bits per heavy atom. The molecule has 3 atom stereocenters. The van der Waals surface area contributed by atoms with Gasteiger partial charge in [0.15, 0.2) is 0 Å². The van der Waals surface area contributed by atoms with Crippen LogP contribution in [0.2, 0.25) is 0 Å². The molecule has 3 aliphatic rings. The van der Waals surface area contributed by atoms with Crippen LogP contribution in [0, 0.1) is 11.8 Å². The molecule has 7 heteroatoms. The van der Waals surface area contributed by atoms with Gasteiger partial charge in [0.25, 0.3) is 5.91 Å². The second-order valence-electron chi connectivity index (χ2n) is 7.54. The number of nitrogens with one attached hydrogen (secondary N) is 1. The Morgan fingerprint density at radius 2 is 2.20 bits per heavy atom. The largest absolute Gasteiger partial charge is 0.381 e. The van der Waals surface area contributed by atoms with Crippen molar-refractivity contribution >= 4 is 5.91 Å². The fraction of sp³-hybridized carbons (Fsp3) is 0.778. The minimum Gasteiger partial charge on any atom is -0.381 e. The number of ether oxygens (including phenoxy) is 2. The summed E-state index contributed by atoms with van der Waals surface area (Å²) in [7, 11) is 1.81. The van der Waals surface area contributed by atoms with Gasteiger partial charge in [-0.25, -0.2) is 0 Å². The van der Waals surface area contributed by atoms with Crippen molar-refractivity contribution in [3.8, 4) is 0 Å². The van der Waals surface area contributed by atoms with Crippen LogP contribution in [-0.2, 0) is 16.5 Å². The lowest BCUT2D eigenvalue weighted by Gasteiger charge is -2.41. The van der Waals surface area contributed by atoms with Crippen molar-refractivity contribution in [2.24, 2.45) is 18.9 Å². The van der Waals surface area contributed by atoms with Gasteiger partial charge in [0.2, 0.25) is 0 Å². The minimum absolute atomic E-state index is 0.0720. The van der Waals surface area contributed by atoms with Crippen molar-refractivity contribution in [1.82, 2.24) is 20.0 Å². The zero-order valence-electron chi connectivity index (χ0n) is 14.9. The van der Waals surface area contributed by atoms with E-state index in [4.69, 9.17) is 9.47 Å². The highest BCUT2D eigenvalue weighted by molar-refractivity contribution is 5.93. The van der Waals surface area contributed by atoms with E-state index in [0.717, 1.165) is 39.2 Å². The maximum absolute atomic E-state index is 12.2. The van der Waals surface area contributed by atoms with Crippen molar-refractivity contribution in [1.29, 1.82) is 0 Å². The van der Waals surface area contributed by atoms with E-state index in [1.165, 1.54) is 13.0 Å². The summed E-state index contributed by atoms with van der Waals surface area (Å²) in [4.78, 5) is 14.9. The van der Waals surface area contributed by atoms with E-state index in [2.05, 4.69) is 15.3 Å².